The molecule has 3 rings (SSSR count). The number of benzene rings is 1. The number of amides is 1. The lowest BCUT2D eigenvalue weighted by Crippen LogP contribution is -2.37. The van der Waals surface area contributed by atoms with E-state index in [1.165, 1.54) is 17.0 Å². The normalized spacial score (nSPS) is 11.9. The molecule has 25 heavy (non-hydrogen) atoms. The second-order valence-corrected chi connectivity index (χ2v) is 5.68. The third kappa shape index (κ3) is 4.03. The lowest BCUT2D eigenvalue weighted by atomic mass is 10.1. The molecule has 0 saturated carbocycles. The van der Waals surface area contributed by atoms with Crippen molar-refractivity contribution in [3.63, 3.8) is 0 Å². The maximum absolute atomic E-state index is 12.3. The van der Waals surface area contributed by atoms with Crippen LogP contribution in [0.5, 0.6) is 0 Å². The van der Waals surface area contributed by atoms with Gasteiger partial charge in [0.2, 0.25) is 5.91 Å². The van der Waals surface area contributed by atoms with Gasteiger partial charge in [0.15, 0.2) is 5.76 Å². The van der Waals surface area contributed by atoms with Crippen LogP contribution in [0.2, 0.25) is 0 Å². The molecule has 0 aliphatic carbocycles. The van der Waals surface area contributed by atoms with E-state index in [4.69, 9.17) is 4.42 Å². The molecule has 0 aliphatic heterocycles. The van der Waals surface area contributed by atoms with Crippen LogP contribution in [0.25, 0.3) is 11.5 Å². The third-order valence-corrected chi connectivity index (χ3v) is 3.90. The number of hydrogen-bond donors (Lipinski definition) is 1. The summed E-state index contributed by atoms with van der Waals surface area (Å²) in [5.74, 6) is 0.299. The Morgan fingerprint density at radius 3 is 2.68 bits per heavy atom. The van der Waals surface area contributed by atoms with Crippen LogP contribution in [0.1, 0.15) is 18.5 Å². The second-order valence-electron chi connectivity index (χ2n) is 5.68. The average molecular weight is 337 g/mol. The van der Waals surface area contributed by atoms with Gasteiger partial charge in [-0.05, 0) is 37.1 Å². The summed E-state index contributed by atoms with van der Waals surface area (Å²) in [5.41, 5.74) is 1.32. The van der Waals surface area contributed by atoms with Crippen molar-refractivity contribution in [3.05, 3.63) is 76.8 Å². The van der Waals surface area contributed by atoms with E-state index in [9.17, 15) is 9.59 Å². The number of hydrogen-bond acceptors (Lipinski definition) is 4. The molecule has 0 radical (unpaired) electrons. The Morgan fingerprint density at radius 1 is 1.16 bits per heavy atom. The van der Waals surface area contributed by atoms with Gasteiger partial charge in [-0.3, -0.25) is 9.59 Å². The van der Waals surface area contributed by atoms with Gasteiger partial charge in [0, 0.05) is 12.6 Å². The fourth-order valence-electron chi connectivity index (χ4n) is 2.49. The monoisotopic (exact) mass is 337 g/mol. The van der Waals surface area contributed by atoms with Crippen LogP contribution in [-0.4, -0.2) is 22.2 Å². The predicted octanol–water partition coefficient (Wildman–Crippen LogP) is 2.42. The summed E-state index contributed by atoms with van der Waals surface area (Å²) in [6.45, 7) is 2.15. The van der Waals surface area contributed by atoms with E-state index in [2.05, 4.69) is 10.4 Å². The molecule has 6 nitrogen and oxygen atoms in total. The molecule has 1 N–H and O–H groups in total. The number of nitrogens with one attached hydrogen (secondary N) is 1. The molecule has 1 atom stereocenters. The largest absolute Gasteiger partial charge is 0.463 e. The molecule has 128 valence electrons. The highest BCUT2D eigenvalue weighted by Gasteiger charge is 2.18. The van der Waals surface area contributed by atoms with Gasteiger partial charge in [-0.2, -0.15) is 5.10 Å². The van der Waals surface area contributed by atoms with Gasteiger partial charge < -0.3 is 9.73 Å². The molecule has 6 heteroatoms. The first-order chi connectivity index (χ1) is 12.1. The number of aromatic nitrogens is 2. The molecule has 2 aromatic heterocycles. The molecule has 3 aromatic rings. The zero-order chi connectivity index (χ0) is 17.6. The number of nitrogens with zero attached hydrogens (tertiary/aromatic N) is 2. The Morgan fingerprint density at radius 2 is 1.96 bits per heavy atom. The SMILES string of the molecule is CC(C(=O)NCCc1ccccc1)n1nc(-c2ccco2)ccc1=O. The minimum atomic E-state index is -0.710. The average Bonchev–Trinajstić information content (AvgIpc) is 3.17. The molecule has 0 spiro atoms. The molecule has 0 fully saturated rings. The van der Waals surface area contributed by atoms with Crippen molar-refractivity contribution >= 4 is 5.91 Å². The van der Waals surface area contributed by atoms with Gasteiger partial charge in [0.25, 0.3) is 5.56 Å². The summed E-state index contributed by atoms with van der Waals surface area (Å²) in [6, 6.07) is 15.6. The van der Waals surface area contributed by atoms with Crippen LogP contribution in [0.4, 0.5) is 0 Å². The Hall–Kier alpha value is -3.15. The second kappa shape index (κ2) is 7.61. The summed E-state index contributed by atoms with van der Waals surface area (Å²) < 4.78 is 6.47. The first-order valence-corrected chi connectivity index (χ1v) is 8.10. The Kier molecular flexibility index (Phi) is 5.09. The van der Waals surface area contributed by atoms with Crippen LogP contribution in [0, 0.1) is 0 Å². The lowest BCUT2D eigenvalue weighted by molar-refractivity contribution is -0.124. The smallest absolute Gasteiger partial charge is 0.267 e. The van der Waals surface area contributed by atoms with Gasteiger partial charge in [0.1, 0.15) is 11.7 Å². The highest BCUT2D eigenvalue weighted by Crippen LogP contribution is 2.16. The van der Waals surface area contributed by atoms with E-state index in [1.807, 2.05) is 30.3 Å². The highest BCUT2D eigenvalue weighted by molar-refractivity contribution is 5.79. The minimum absolute atomic E-state index is 0.248. The standard InChI is InChI=1S/C19H19N3O3/c1-14(19(24)20-12-11-15-6-3-2-4-7-15)22-18(23)10-9-16(21-22)17-8-5-13-25-17/h2-10,13-14H,11-12H2,1H3,(H,20,24). The first kappa shape index (κ1) is 16.7. The van der Waals surface area contributed by atoms with Gasteiger partial charge >= 0.3 is 0 Å². The maximum Gasteiger partial charge on any atom is 0.267 e. The zero-order valence-corrected chi connectivity index (χ0v) is 13.9. The van der Waals surface area contributed by atoms with Crippen molar-refractivity contribution in [1.82, 2.24) is 15.1 Å². The van der Waals surface area contributed by atoms with E-state index < -0.39 is 6.04 Å². The van der Waals surface area contributed by atoms with Gasteiger partial charge in [0.05, 0.1) is 6.26 Å². The van der Waals surface area contributed by atoms with E-state index >= 15 is 0 Å². The number of carbonyl (C=O) groups is 1. The van der Waals surface area contributed by atoms with Crippen LogP contribution < -0.4 is 10.9 Å². The lowest BCUT2D eigenvalue weighted by Gasteiger charge is -2.14. The molecule has 1 amide bonds. The number of rotatable bonds is 6. The molecule has 1 aromatic carbocycles. The van der Waals surface area contributed by atoms with E-state index in [1.54, 1.807) is 25.1 Å². The van der Waals surface area contributed by atoms with Crippen LogP contribution in [-0.2, 0) is 11.2 Å². The first-order valence-electron chi connectivity index (χ1n) is 8.10. The molecule has 2 heterocycles. The molecular formula is C19H19N3O3. The van der Waals surface area contributed by atoms with Gasteiger partial charge in [-0.25, -0.2) is 4.68 Å². The topological polar surface area (TPSA) is 77.1 Å². The van der Waals surface area contributed by atoms with Crippen LogP contribution in [0.3, 0.4) is 0 Å². The van der Waals surface area contributed by atoms with Crippen molar-refractivity contribution in [2.75, 3.05) is 6.54 Å². The fourth-order valence-corrected chi connectivity index (χ4v) is 2.49. The van der Waals surface area contributed by atoms with Crippen molar-refractivity contribution in [2.45, 2.75) is 19.4 Å². The van der Waals surface area contributed by atoms with Crippen molar-refractivity contribution < 1.29 is 9.21 Å². The molecule has 0 saturated heterocycles. The minimum Gasteiger partial charge on any atom is -0.463 e. The summed E-state index contributed by atoms with van der Waals surface area (Å²) in [5, 5.41) is 7.10. The third-order valence-electron chi connectivity index (χ3n) is 3.90. The summed E-state index contributed by atoms with van der Waals surface area (Å²) in [4.78, 5) is 24.4. The van der Waals surface area contributed by atoms with Crippen LogP contribution in [0.15, 0.2) is 70.1 Å². The van der Waals surface area contributed by atoms with E-state index in [0.29, 0.717) is 18.0 Å². The highest BCUT2D eigenvalue weighted by atomic mass is 16.3. The van der Waals surface area contributed by atoms with Crippen LogP contribution >= 0.6 is 0 Å². The van der Waals surface area contributed by atoms with Crippen molar-refractivity contribution in [2.24, 2.45) is 0 Å². The molecule has 1 unspecified atom stereocenters. The van der Waals surface area contributed by atoms with Gasteiger partial charge in [-0.15, -0.1) is 0 Å². The van der Waals surface area contributed by atoms with E-state index in [0.717, 1.165) is 12.0 Å². The maximum atomic E-state index is 12.3. The van der Waals surface area contributed by atoms with Crippen molar-refractivity contribution in [3.8, 4) is 11.5 Å². The number of carbonyl (C=O) groups excluding carboxylic acids is 1. The summed E-state index contributed by atoms with van der Waals surface area (Å²) >= 11 is 0. The van der Waals surface area contributed by atoms with E-state index in [-0.39, 0.29) is 11.5 Å². The van der Waals surface area contributed by atoms with Gasteiger partial charge in [-0.1, -0.05) is 30.3 Å². The quantitative estimate of drug-likeness (QED) is 0.749. The Labute approximate surface area is 145 Å². The Balaban J connectivity index is 1.67. The Bertz CT molecular complexity index is 886. The molecular weight excluding hydrogens is 318 g/mol. The van der Waals surface area contributed by atoms with Crippen molar-refractivity contribution in [1.29, 1.82) is 0 Å². The summed E-state index contributed by atoms with van der Waals surface area (Å²) in [7, 11) is 0. The number of furan rings is 1. The predicted molar refractivity (Wildman–Crippen MR) is 94.1 cm³/mol. The zero-order valence-electron chi connectivity index (χ0n) is 13.9. The summed E-state index contributed by atoms with van der Waals surface area (Å²) in [6.07, 6.45) is 2.26. The molecule has 0 bridgehead atoms. The fraction of sp³-hybridized carbons (Fsp3) is 0.211. The molecule has 0 aliphatic rings.